The number of rotatable bonds is 3. The first kappa shape index (κ1) is 15.4. The number of nitrogens with one attached hydrogen (secondary N) is 2. The van der Waals surface area contributed by atoms with Crippen LogP contribution in [0.5, 0.6) is 0 Å². The van der Waals surface area contributed by atoms with Crippen molar-refractivity contribution in [3.63, 3.8) is 0 Å². The maximum absolute atomic E-state index is 14.0. The van der Waals surface area contributed by atoms with Gasteiger partial charge in [0.1, 0.15) is 11.5 Å². The molecule has 1 aromatic heterocycles. The van der Waals surface area contributed by atoms with E-state index in [2.05, 4.69) is 15.6 Å². The van der Waals surface area contributed by atoms with Gasteiger partial charge in [0.25, 0.3) is 5.91 Å². The van der Waals surface area contributed by atoms with E-state index in [4.69, 9.17) is 0 Å². The lowest BCUT2D eigenvalue weighted by Crippen LogP contribution is -2.27. The van der Waals surface area contributed by atoms with E-state index in [0.29, 0.717) is 18.8 Å². The second-order valence-electron chi connectivity index (χ2n) is 5.14. The van der Waals surface area contributed by atoms with E-state index in [0.717, 1.165) is 9.88 Å². The molecular formula is C15H15FN4O2S. The molecule has 0 saturated carbocycles. The maximum Gasteiger partial charge on any atom is 0.321 e. The van der Waals surface area contributed by atoms with Crippen LogP contribution in [0.4, 0.5) is 20.6 Å². The van der Waals surface area contributed by atoms with Gasteiger partial charge in [-0.15, -0.1) is 11.3 Å². The van der Waals surface area contributed by atoms with Crippen LogP contribution >= 0.6 is 11.3 Å². The molecule has 120 valence electrons. The van der Waals surface area contributed by atoms with Crippen LogP contribution in [0.2, 0.25) is 0 Å². The van der Waals surface area contributed by atoms with Crippen molar-refractivity contribution in [3.05, 3.63) is 39.6 Å². The average Bonchev–Trinajstić information content (AvgIpc) is 3.07. The van der Waals surface area contributed by atoms with Crippen molar-refractivity contribution < 1.29 is 14.0 Å². The predicted molar refractivity (Wildman–Crippen MR) is 86.7 cm³/mol. The van der Waals surface area contributed by atoms with Crippen molar-refractivity contribution in [2.45, 2.75) is 13.8 Å². The summed E-state index contributed by atoms with van der Waals surface area (Å²) >= 11 is 1.41. The number of urea groups is 1. The fraction of sp³-hybridized carbons (Fsp3) is 0.267. The number of benzene rings is 1. The molecule has 0 atom stereocenters. The fourth-order valence-electron chi connectivity index (χ4n) is 2.42. The van der Waals surface area contributed by atoms with Gasteiger partial charge in [-0.25, -0.2) is 14.2 Å². The fourth-order valence-corrected chi connectivity index (χ4v) is 3.23. The van der Waals surface area contributed by atoms with Crippen LogP contribution in [0, 0.1) is 19.7 Å². The molecule has 3 rings (SSSR count). The third-order valence-corrected chi connectivity index (χ3v) is 4.37. The Balaban J connectivity index is 1.86. The van der Waals surface area contributed by atoms with Crippen LogP contribution in [0.3, 0.4) is 0 Å². The van der Waals surface area contributed by atoms with E-state index in [9.17, 15) is 14.0 Å². The Labute approximate surface area is 136 Å². The molecular weight excluding hydrogens is 319 g/mol. The Morgan fingerprint density at radius 3 is 2.83 bits per heavy atom. The standard InChI is InChI=1S/C15H15FN4O2S/c1-8-13(18-9(2)23-8)14(21)19-12-7-10(3-4-11(12)16)20-6-5-17-15(20)22/h3-4,7H,5-6H2,1-2H3,(H,17,22)(H,19,21). The van der Waals surface area contributed by atoms with Gasteiger partial charge in [0.15, 0.2) is 0 Å². The summed E-state index contributed by atoms with van der Waals surface area (Å²) in [6, 6.07) is 3.95. The Hall–Kier alpha value is -2.48. The van der Waals surface area contributed by atoms with Crippen molar-refractivity contribution >= 4 is 34.6 Å². The molecule has 8 heteroatoms. The number of hydrogen-bond donors (Lipinski definition) is 2. The lowest BCUT2D eigenvalue weighted by molar-refractivity contribution is 0.102. The van der Waals surface area contributed by atoms with Gasteiger partial charge in [-0.1, -0.05) is 0 Å². The summed E-state index contributed by atoms with van der Waals surface area (Å²) in [5.74, 6) is -1.03. The number of hydrogen-bond acceptors (Lipinski definition) is 4. The SMILES string of the molecule is Cc1nc(C(=O)Nc2cc(N3CCNC3=O)ccc2F)c(C)s1. The van der Waals surface area contributed by atoms with Crippen LogP contribution < -0.4 is 15.5 Å². The van der Waals surface area contributed by atoms with Crippen LogP contribution in [-0.2, 0) is 0 Å². The van der Waals surface area contributed by atoms with Crippen molar-refractivity contribution in [1.29, 1.82) is 0 Å². The number of amides is 3. The van der Waals surface area contributed by atoms with Crippen molar-refractivity contribution in [3.8, 4) is 0 Å². The molecule has 23 heavy (non-hydrogen) atoms. The monoisotopic (exact) mass is 334 g/mol. The minimum atomic E-state index is -0.564. The highest BCUT2D eigenvalue weighted by Gasteiger charge is 2.23. The molecule has 0 radical (unpaired) electrons. The highest BCUT2D eigenvalue weighted by molar-refractivity contribution is 7.11. The summed E-state index contributed by atoms with van der Waals surface area (Å²) < 4.78 is 14.0. The summed E-state index contributed by atoms with van der Waals surface area (Å²) in [5.41, 5.74) is 0.844. The Bertz CT molecular complexity index is 790. The number of aryl methyl sites for hydroxylation is 2. The number of carbonyl (C=O) groups excluding carboxylic acids is 2. The zero-order valence-corrected chi connectivity index (χ0v) is 13.5. The molecule has 1 aliphatic heterocycles. The minimum Gasteiger partial charge on any atom is -0.336 e. The largest absolute Gasteiger partial charge is 0.336 e. The molecule has 2 aromatic rings. The zero-order chi connectivity index (χ0) is 16.6. The molecule has 1 saturated heterocycles. The highest BCUT2D eigenvalue weighted by atomic mass is 32.1. The molecule has 1 aliphatic rings. The molecule has 3 amide bonds. The molecule has 1 fully saturated rings. The first-order valence-corrected chi connectivity index (χ1v) is 7.87. The third-order valence-electron chi connectivity index (χ3n) is 3.49. The zero-order valence-electron chi connectivity index (χ0n) is 12.6. The second kappa shape index (κ2) is 5.96. The Morgan fingerprint density at radius 2 is 2.22 bits per heavy atom. The highest BCUT2D eigenvalue weighted by Crippen LogP contribution is 2.25. The van der Waals surface area contributed by atoms with Gasteiger partial charge in [-0.05, 0) is 32.0 Å². The number of nitrogens with zero attached hydrogens (tertiary/aromatic N) is 2. The van der Waals surface area contributed by atoms with E-state index in [-0.39, 0.29) is 17.4 Å². The molecule has 2 N–H and O–H groups in total. The van der Waals surface area contributed by atoms with Gasteiger partial charge < -0.3 is 10.6 Å². The van der Waals surface area contributed by atoms with Gasteiger partial charge in [0.05, 0.1) is 10.7 Å². The van der Waals surface area contributed by atoms with Crippen molar-refractivity contribution in [2.75, 3.05) is 23.3 Å². The van der Waals surface area contributed by atoms with E-state index in [1.165, 1.54) is 34.4 Å². The average molecular weight is 334 g/mol. The number of halogens is 1. The molecule has 0 bridgehead atoms. The molecule has 2 heterocycles. The van der Waals surface area contributed by atoms with Gasteiger partial charge >= 0.3 is 6.03 Å². The van der Waals surface area contributed by atoms with E-state index in [1.54, 1.807) is 6.92 Å². The van der Waals surface area contributed by atoms with Crippen LogP contribution in [0.25, 0.3) is 0 Å². The van der Waals surface area contributed by atoms with Gasteiger partial charge in [0, 0.05) is 23.7 Å². The summed E-state index contributed by atoms with van der Waals surface area (Å²) in [7, 11) is 0. The van der Waals surface area contributed by atoms with Crippen LogP contribution in [0.1, 0.15) is 20.4 Å². The molecule has 6 nitrogen and oxygen atoms in total. The molecule has 0 aliphatic carbocycles. The number of anilines is 2. The first-order chi connectivity index (χ1) is 11.0. The Morgan fingerprint density at radius 1 is 1.43 bits per heavy atom. The van der Waals surface area contributed by atoms with Gasteiger partial charge in [-0.3, -0.25) is 9.69 Å². The molecule has 0 spiro atoms. The summed E-state index contributed by atoms with van der Waals surface area (Å²) in [4.78, 5) is 30.4. The lowest BCUT2D eigenvalue weighted by atomic mass is 10.2. The topological polar surface area (TPSA) is 74.3 Å². The summed E-state index contributed by atoms with van der Waals surface area (Å²) in [5, 5.41) is 5.98. The van der Waals surface area contributed by atoms with E-state index in [1.807, 2.05) is 6.92 Å². The first-order valence-electron chi connectivity index (χ1n) is 7.06. The lowest BCUT2D eigenvalue weighted by Gasteiger charge is -2.16. The number of carbonyl (C=O) groups is 2. The van der Waals surface area contributed by atoms with Crippen molar-refractivity contribution in [1.82, 2.24) is 10.3 Å². The maximum atomic E-state index is 14.0. The van der Waals surface area contributed by atoms with Crippen LogP contribution in [-0.4, -0.2) is 30.0 Å². The normalized spacial score (nSPS) is 14.0. The van der Waals surface area contributed by atoms with E-state index >= 15 is 0 Å². The summed E-state index contributed by atoms with van der Waals surface area (Å²) in [6.07, 6.45) is 0. The predicted octanol–water partition coefficient (Wildman–Crippen LogP) is 2.68. The molecule has 1 aromatic carbocycles. The quantitative estimate of drug-likeness (QED) is 0.906. The number of thiazole rings is 1. The second-order valence-corrected chi connectivity index (χ2v) is 6.55. The Kier molecular flexibility index (Phi) is 3.99. The van der Waals surface area contributed by atoms with Gasteiger partial charge in [-0.2, -0.15) is 0 Å². The smallest absolute Gasteiger partial charge is 0.321 e. The van der Waals surface area contributed by atoms with Gasteiger partial charge in [0.2, 0.25) is 0 Å². The minimum absolute atomic E-state index is 0.0252. The number of aromatic nitrogens is 1. The summed E-state index contributed by atoms with van der Waals surface area (Å²) in [6.45, 7) is 4.64. The van der Waals surface area contributed by atoms with Crippen molar-refractivity contribution in [2.24, 2.45) is 0 Å². The third kappa shape index (κ3) is 3.02. The van der Waals surface area contributed by atoms with Crippen LogP contribution in [0.15, 0.2) is 18.2 Å². The molecule has 0 unspecified atom stereocenters. The van der Waals surface area contributed by atoms with E-state index < -0.39 is 11.7 Å².